The van der Waals surface area contributed by atoms with E-state index in [1.165, 1.54) is 18.2 Å². The molecule has 1 fully saturated rings. The lowest BCUT2D eigenvalue weighted by Crippen LogP contribution is -2.28. The molecule has 0 aliphatic heterocycles. The Hall–Kier alpha value is -1.33. The van der Waals surface area contributed by atoms with Crippen molar-refractivity contribution in [3.8, 4) is 5.75 Å². The zero-order valence-electron chi connectivity index (χ0n) is 13.2. The van der Waals surface area contributed by atoms with Crippen LogP contribution in [0.3, 0.4) is 0 Å². The summed E-state index contributed by atoms with van der Waals surface area (Å²) in [5, 5.41) is 2.54. The maximum Gasteiger partial charge on any atom is 0.573 e. The SMILES string of the molecule is I.NC(=NCC1CCC(F)(F)CC1)Nc1ccccc1OC(F)(F)F. The van der Waals surface area contributed by atoms with Gasteiger partial charge in [0.15, 0.2) is 11.7 Å². The van der Waals surface area contributed by atoms with Crippen LogP contribution >= 0.6 is 24.0 Å². The van der Waals surface area contributed by atoms with Gasteiger partial charge < -0.3 is 15.8 Å². The summed E-state index contributed by atoms with van der Waals surface area (Å²) in [4.78, 5) is 4.03. The van der Waals surface area contributed by atoms with Crippen molar-refractivity contribution >= 4 is 35.6 Å². The second-order valence-electron chi connectivity index (χ2n) is 5.69. The Labute approximate surface area is 159 Å². The van der Waals surface area contributed by atoms with E-state index in [1.54, 1.807) is 0 Å². The Balaban J connectivity index is 0.00000312. The predicted octanol–water partition coefficient (Wildman–Crippen LogP) is 4.76. The summed E-state index contributed by atoms with van der Waals surface area (Å²) in [5.41, 5.74) is 5.68. The fourth-order valence-corrected chi connectivity index (χ4v) is 2.47. The van der Waals surface area contributed by atoms with Crippen LogP contribution in [0.25, 0.3) is 0 Å². The van der Waals surface area contributed by atoms with Gasteiger partial charge in [-0.3, -0.25) is 4.99 Å². The van der Waals surface area contributed by atoms with E-state index in [4.69, 9.17) is 5.73 Å². The molecule has 1 aliphatic carbocycles. The average molecular weight is 479 g/mol. The standard InChI is InChI=1S/C15H18F5N3O.HI/c16-14(17)7-5-10(6-8-14)9-22-13(21)23-11-3-1-2-4-12(11)24-15(18,19)20;/h1-4,10H,5-9H2,(H3,21,22,23);1H. The molecule has 2 rings (SSSR count). The Morgan fingerprint density at radius 3 is 2.44 bits per heavy atom. The number of benzene rings is 1. The Kier molecular flexibility index (Phi) is 7.69. The maximum absolute atomic E-state index is 13.1. The molecule has 3 N–H and O–H groups in total. The van der Waals surface area contributed by atoms with E-state index < -0.39 is 18.0 Å². The fourth-order valence-electron chi connectivity index (χ4n) is 2.47. The minimum atomic E-state index is -4.82. The number of aliphatic imine (C=N–C) groups is 1. The Morgan fingerprint density at radius 2 is 1.84 bits per heavy atom. The van der Waals surface area contributed by atoms with Crippen LogP contribution in [0.15, 0.2) is 29.3 Å². The third kappa shape index (κ3) is 7.61. The first kappa shape index (κ1) is 21.7. The van der Waals surface area contributed by atoms with E-state index in [0.29, 0.717) is 12.8 Å². The number of hydrogen-bond acceptors (Lipinski definition) is 2. The van der Waals surface area contributed by atoms with Crippen molar-refractivity contribution in [1.29, 1.82) is 0 Å². The van der Waals surface area contributed by atoms with E-state index in [-0.39, 0.29) is 60.9 Å². The quantitative estimate of drug-likeness (QED) is 0.284. The Bertz CT molecular complexity index is 585. The molecule has 142 valence electrons. The van der Waals surface area contributed by atoms with Crippen molar-refractivity contribution in [3.05, 3.63) is 24.3 Å². The molecule has 0 radical (unpaired) electrons. The maximum atomic E-state index is 13.1. The average Bonchev–Trinajstić information content (AvgIpc) is 2.47. The first-order valence-corrected chi connectivity index (χ1v) is 7.44. The van der Waals surface area contributed by atoms with E-state index in [2.05, 4.69) is 15.0 Å². The van der Waals surface area contributed by atoms with Gasteiger partial charge in [0.2, 0.25) is 5.92 Å². The predicted molar refractivity (Wildman–Crippen MR) is 95.6 cm³/mol. The summed E-state index contributed by atoms with van der Waals surface area (Å²) < 4.78 is 67.0. The normalized spacial score (nSPS) is 18.4. The third-order valence-electron chi connectivity index (χ3n) is 3.73. The Morgan fingerprint density at radius 1 is 1.24 bits per heavy atom. The van der Waals surface area contributed by atoms with Crippen molar-refractivity contribution in [2.45, 2.75) is 38.0 Å². The molecular weight excluding hydrogens is 460 g/mol. The number of alkyl halides is 5. The monoisotopic (exact) mass is 479 g/mol. The first-order chi connectivity index (χ1) is 11.1. The molecule has 1 saturated carbocycles. The number of guanidine groups is 1. The molecule has 0 aromatic heterocycles. The molecule has 0 bridgehead atoms. The molecule has 0 unspecified atom stereocenters. The molecule has 1 aromatic carbocycles. The number of nitrogens with two attached hydrogens (primary N) is 1. The van der Waals surface area contributed by atoms with E-state index in [1.807, 2.05) is 0 Å². The zero-order chi connectivity index (χ0) is 17.8. The molecule has 0 spiro atoms. The molecule has 0 amide bonds. The van der Waals surface area contributed by atoms with Crippen LogP contribution in [0.4, 0.5) is 27.6 Å². The molecule has 1 aromatic rings. The summed E-state index contributed by atoms with van der Waals surface area (Å²) >= 11 is 0. The highest BCUT2D eigenvalue weighted by atomic mass is 127. The minimum Gasteiger partial charge on any atom is -0.404 e. The van der Waals surface area contributed by atoms with Crippen LogP contribution in [0, 0.1) is 5.92 Å². The van der Waals surface area contributed by atoms with Gasteiger partial charge in [-0.25, -0.2) is 8.78 Å². The van der Waals surface area contributed by atoms with Gasteiger partial charge in [0.1, 0.15) is 0 Å². The lowest BCUT2D eigenvalue weighted by molar-refractivity contribution is -0.274. The van der Waals surface area contributed by atoms with Gasteiger partial charge in [0.25, 0.3) is 0 Å². The number of halogens is 6. The van der Waals surface area contributed by atoms with Gasteiger partial charge in [-0.1, -0.05) is 12.1 Å². The van der Waals surface area contributed by atoms with Crippen LogP contribution < -0.4 is 15.8 Å². The number of anilines is 1. The van der Waals surface area contributed by atoms with Crippen LogP contribution in [-0.4, -0.2) is 24.8 Å². The second kappa shape index (κ2) is 8.86. The van der Waals surface area contributed by atoms with E-state index >= 15 is 0 Å². The van der Waals surface area contributed by atoms with E-state index in [9.17, 15) is 22.0 Å². The highest BCUT2D eigenvalue weighted by molar-refractivity contribution is 14.0. The van der Waals surface area contributed by atoms with Gasteiger partial charge in [-0.15, -0.1) is 37.1 Å². The molecular formula is C15H19F5IN3O. The van der Waals surface area contributed by atoms with Crippen LogP contribution in [0.2, 0.25) is 0 Å². The molecule has 0 atom stereocenters. The van der Waals surface area contributed by atoms with Gasteiger partial charge >= 0.3 is 6.36 Å². The molecule has 0 heterocycles. The molecule has 4 nitrogen and oxygen atoms in total. The van der Waals surface area contributed by atoms with Gasteiger partial charge in [0.05, 0.1) is 5.69 Å². The van der Waals surface area contributed by atoms with Crippen molar-refractivity contribution in [3.63, 3.8) is 0 Å². The number of para-hydroxylation sites is 2. The summed E-state index contributed by atoms with van der Waals surface area (Å²) in [6.45, 7) is 0.247. The van der Waals surface area contributed by atoms with Gasteiger partial charge in [0, 0.05) is 19.4 Å². The molecule has 0 saturated heterocycles. The third-order valence-corrected chi connectivity index (χ3v) is 3.73. The van der Waals surface area contributed by atoms with Gasteiger partial charge in [-0.2, -0.15) is 0 Å². The van der Waals surface area contributed by atoms with Crippen LogP contribution in [0.5, 0.6) is 5.75 Å². The van der Waals surface area contributed by atoms with Crippen molar-refractivity contribution in [2.75, 3.05) is 11.9 Å². The van der Waals surface area contributed by atoms with Gasteiger partial charge in [-0.05, 0) is 30.9 Å². The van der Waals surface area contributed by atoms with Crippen LogP contribution in [-0.2, 0) is 0 Å². The summed E-state index contributed by atoms with van der Waals surface area (Å²) in [5.74, 6) is -3.14. The largest absolute Gasteiger partial charge is 0.573 e. The lowest BCUT2D eigenvalue weighted by atomic mass is 9.87. The number of ether oxygens (including phenoxy) is 1. The number of nitrogens with zero attached hydrogens (tertiary/aromatic N) is 1. The summed E-state index contributed by atoms with van der Waals surface area (Å²) in [6.07, 6.45) is -4.49. The highest BCUT2D eigenvalue weighted by Crippen LogP contribution is 2.36. The van der Waals surface area contributed by atoms with Crippen LogP contribution in [0.1, 0.15) is 25.7 Å². The fraction of sp³-hybridized carbons (Fsp3) is 0.533. The zero-order valence-corrected chi connectivity index (χ0v) is 15.5. The second-order valence-corrected chi connectivity index (χ2v) is 5.69. The highest BCUT2D eigenvalue weighted by Gasteiger charge is 2.34. The molecule has 10 heteroatoms. The van der Waals surface area contributed by atoms with Crippen molar-refractivity contribution in [2.24, 2.45) is 16.6 Å². The number of rotatable bonds is 4. The smallest absolute Gasteiger partial charge is 0.404 e. The summed E-state index contributed by atoms with van der Waals surface area (Å²) in [6, 6.07) is 5.42. The van der Waals surface area contributed by atoms with E-state index in [0.717, 1.165) is 6.07 Å². The number of hydrogen-bond donors (Lipinski definition) is 2. The lowest BCUT2D eigenvalue weighted by Gasteiger charge is -2.27. The minimum absolute atomic E-state index is 0. The number of nitrogens with one attached hydrogen (secondary N) is 1. The first-order valence-electron chi connectivity index (χ1n) is 7.44. The van der Waals surface area contributed by atoms with Crippen molar-refractivity contribution in [1.82, 2.24) is 0 Å². The topological polar surface area (TPSA) is 59.6 Å². The molecule has 1 aliphatic rings. The van der Waals surface area contributed by atoms with Crippen molar-refractivity contribution < 1.29 is 26.7 Å². The summed E-state index contributed by atoms with van der Waals surface area (Å²) in [7, 11) is 0. The molecule has 25 heavy (non-hydrogen) atoms.